The molecule has 0 radical (unpaired) electrons. The number of benzene rings is 5. The topological polar surface area (TPSA) is 6.48 Å². The summed E-state index contributed by atoms with van der Waals surface area (Å²) >= 11 is 4.06. The standard InChI is InChI=1S/C50H53BN2S2/c1-47(2,3)30-22-26-32(27-23-30)52-38-20-15-21-39-40(38)51(45-41(52)34-16-13-18-36(43(34)54-45)49(7,8)9)46-42(35-17-14-19-37(44(35)55-46)50(10,11)12)53(39)33-28-24-31(25-29-33)48(4,5)6/h13-29H,1-12H3. The Balaban J connectivity index is 1.40. The fraction of sp³-hybridized carbons (Fsp3) is 0.320. The van der Waals surface area contributed by atoms with Crippen LogP contribution in [0.5, 0.6) is 0 Å². The van der Waals surface area contributed by atoms with E-state index >= 15 is 0 Å². The Labute approximate surface area is 336 Å². The average molecular weight is 757 g/mol. The van der Waals surface area contributed by atoms with Crippen LogP contribution in [0.4, 0.5) is 34.1 Å². The third-order valence-corrected chi connectivity index (χ3v) is 14.4. The van der Waals surface area contributed by atoms with E-state index < -0.39 is 0 Å². The lowest BCUT2D eigenvalue weighted by Gasteiger charge is -2.42. The van der Waals surface area contributed by atoms with E-state index in [-0.39, 0.29) is 28.4 Å². The van der Waals surface area contributed by atoms with Crippen molar-refractivity contribution in [3.8, 4) is 0 Å². The van der Waals surface area contributed by atoms with Crippen molar-refractivity contribution in [1.29, 1.82) is 0 Å². The van der Waals surface area contributed by atoms with Crippen LogP contribution in [0.2, 0.25) is 0 Å². The van der Waals surface area contributed by atoms with Crippen molar-refractivity contribution in [2.75, 3.05) is 9.80 Å². The van der Waals surface area contributed by atoms with Gasteiger partial charge in [0.25, 0.3) is 6.71 Å². The Bertz CT molecular complexity index is 2450. The van der Waals surface area contributed by atoms with Crippen molar-refractivity contribution in [3.63, 3.8) is 0 Å². The van der Waals surface area contributed by atoms with Gasteiger partial charge in [-0.1, -0.05) is 150 Å². The monoisotopic (exact) mass is 756 g/mol. The number of fused-ring (bicyclic) bond motifs is 8. The summed E-state index contributed by atoms with van der Waals surface area (Å²) in [5.74, 6) is 0. The van der Waals surface area contributed by atoms with E-state index in [2.05, 4.69) is 196 Å². The van der Waals surface area contributed by atoms with Gasteiger partial charge in [0.05, 0.1) is 11.4 Å². The third kappa shape index (κ3) is 5.63. The highest BCUT2D eigenvalue weighted by Crippen LogP contribution is 2.52. The van der Waals surface area contributed by atoms with Crippen LogP contribution in [-0.2, 0) is 21.7 Å². The molecule has 2 nitrogen and oxygen atoms in total. The quantitative estimate of drug-likeness (QED) is 0.162. The van der Waals surface area contributed by atoms with Crippen LogP contribution in [0.15, 0.2) is 103 Å². The number of hydrogen-bond acceptors (Lipinski definition) is 4. The summed E-state index contributed by atoms with van der Waals surface area (Å²) in [6, 6.07) is 39.9. The molecule has 0 N–H and O–H groups in total. The Morgan fingerprint density at radius 1 is 0.418 bits per heavy atom. The molecule has 0 aliphatic carbocycles. The summed E-state index contributed by atoms with van der Waals surface area (Å²) in [5.41, 5.74) is 14.7. The minimum absolute atomic E-state index is 0.0110. The molecule has 278 valence electrons. The molecule has 0 fully saturated rings. The van der Waals surface area contributed by atoms with Crippen LogP contribution in [0, 0.1) is 0 Å². The number of nitrogens with zero attached hydrogens (tertiary/aromatic N) is 2. The van der Waals surface area contributed by atoms with E-state index in [1.165, 1.54) is 91.6 Å². The molecule has 9 rings (SSSR count). The van der Waals surface area contributed by atoms with Gasteiger partial charge in [0.2, 0.25) is 0 Å². The second-order valence-electron chi connectivity index (χ2n) is 19.9. The van der Waals surface area contributed by atoms with Crippen molar-refractivity contribution in [2.24, 2.45) is 0 Å². The lowest BCUT2D eigenvalue weighted by atomic mass is 9.39. The fourth-order valence-corrected chi connectivity index (χ4v) is 12.2. The molecule has 5 aromatic carbocycles. The van der Waals surface area contributed by atoms with Gasteiger partial charge in [-0.15, -0.1) is 22.7 Å². The maximum atomic E-state index is 2.60. The van der Waals surface area contributed by atoms with Crippen molar-refractivity contribution in [3.05, 3.63) is 125 Å². The van der Waals surface area contributed by atoms with Gasteiger partial charge in [-0.05, 0) is 85.8 Å². The van der Waals surface area contributed by atoms with Gasteiger partial charge in [-0.25, -0.2) is 0 Å². The summed E-state index contributed by atoms with van der Waals surface area (Å²) in [6.45, 7) is 28.1. The van der Waals surface area contributed by atoms with Crippen molar-refractivity contribution >= 4 is 98.7 Å². The summed E-state index contributed by atoms with van der Waals surface area (Å²) < 4.78 is 5.70. The molecule has 0 spiro atoms. The van der Waals surface area contributed by atoms with E-state index in [9.17, 15) is 0 Å². The number of thiophene rings is 2. The van der Waals surface area contributed by atoms with Gasteiger partial charge < -0.3 is 9.80 Å². The molecule has 0 saturated heterocycles. The summed E-state index contributed by atoms with van der Waals surface area (Å²) in [6.07, 6.45) is 0. The molecule has 0 unspecified atom stereocenters. The first-order chi connectivity index (χ1) is 25.8. The normalized spacial score (nSPS) is 14.4. The zero-order valence-corrected chi connectivity index (χ0v) is 36.2. The van der Waals surface area contributed by atoms with Crippen molar-refractivity contribution < 1.29 is 0 Å². The second-order valence-corrected chi connectivity index (χ2v) is 22.0. The predicted octanol–water partition coefficient (Wildman–Crippen LogP) is 13.4. The molecule has 2 aliphatic rings. The first-order valence-electron chi connectivity index (χ1n) is 19.9. The van der Waals surface area contributed by atoms with E-state index in [0.717, 1.165) is 0 Å². The number of rotatable bonds is 2. The van der Waals surface area contributed by atoms with E-state index in [4.69, 9.17) is 0 Å². The molecule has 0 bridgehead atoms. The lowest BCUT2D eigenvalue weighted by molar-refractivity contribution is 0.590. The van der Waals surface area contributed by atoms with Gasteiger partial charge in [0, 0.05) is 52.5 Å². The largest absolute Gasteiger partial charge is 0.310 e. The summed E-state index contributed by atoms with van der Waals surface area (Å²) in [7, 11) is 0. The zero-order valence-electron chi connectivity index (χ0n) is 34.6. The fourth-order valence-electron chi connectivity index (χ4n) is 8.89. The van der Waals surface area contributed by atoms with Crippen LogP contribution in [0.25, 0.3) is 20.2 Å². The molecular weight excluding hydrogens is 704 g/mol. The van der Waals surface area contributed by atoms with Crippen LogP contribution >= 0.6 is 22.7 Å². The highest BCUT2D eigenvalue weighted by molar-refractivity contribution is 7.41. The van der Waals surface area contributed by atoms with E-state index in [1.54, 1.807) is 0 Å². The molecule has 0 atom stereocenters. The minimum Gasteiger partial charge on any atom is -0.310 e. The predicted molar refractivity (Wildman–Crippen MR) is 246 cm³/mol. The average Bonchev–Trinajstić information content (AvgIpc) is 3.69. The summed E-state index contributed by atoms with van der Waals surface area (Å²) in [5, 5.41) is 2.70. The first kappa shape index (κ1) is 36.3. The highest BCUT2D eigenvalue weighted by Gasteiger charge is 2.47. The van der Waals surface area contributed by atoms with Crippen molar-refractivity contribution in [1.82, 2.24) is 0 Å². The molecule has 4 heterocycles. The van der Waals surface area contributed by atoms with Gasteiger partial charge in [-0.2, -0.15) is 0 Å². The second kappa shape index (κ2) is 12.1. The van der Waals surface area contributed by atoms with Crippen LogP contribution in [-0.4, -0.2) is 6.71 Å². The number of anilines is 6. The summed E-state index contributed by atoms with van der Waals surface area (Å²) in [4.78, 5) is 5.20. The van der Waals surface area contributed by atoms with Crippen molar-refractivity contribution in [2.45, 2.75) is 105 Å². The lowest BCUT2D eigenvalue weighted by Crippen LogP contribution is -2.59. The maximum Gasteiger partial charge on any atom is 0.277 e. The maximum absolute atomic E-state index is 2.60. The van der Waals surface area contributed by atoms with Gasteiger partial charge in [0.1, 0.15) is 0 Å². The van der Waals surface area contributed by atoms with E-state index in [1.807, 2.05) is 22.7 Å². The number of hydrogen-bond donors (Lipinski definition) is 0. The van der Waals surface area contributed by atoms with Gasteiger partial charge in [0.15, 0.2) is 0 Å². The van der Waals surface area contributed by atoms with Crippen LogP contribution in [0.1, 0.15) is 105 Å². The minimum atomic E-state index is 0.0110. The first-order valence-corrected chi connectivity index (χ1v) is 21.5. The molecule has 0 saturated carbocycles. The Kier molecular flexibility index (Phi) is 7.99. The highest BCUT2D eigenvalue weighted by atomic mass is 32.1. The molecule has 7 aromatic rings. The molecule has 2 aliphatic heterocycles. The molecule has 5 heteroatoms. The third-order valence-electron chi connectivity index (χ3n) is 11.8. The molecule has 55 heavy (non-hydrogen) atoms. The Morgan fingerprint density at radius 3 is 1.13 bits per heavy atom. The van der Waals surface area contributed by atoms with Crippen LogP contribution in [0.3, 0.4) is 0 Å². The molecule has 0 amide bonds. The Hall–Kier alpha value is -4.32. The smallest absolute Gasteiger partial charge is 0.277 e. The molecular formula is C50H53BN2S2. The van der Waals surface area contributed by atoms with Crippen LogP contribution < -0.4 is 24.8 Å². The Morgan fingerprint density at radius 2 is 0.782 bits per heavy atom. The van der Waals surface area contributed by atoms with E-state index in [0.29, 0.717) is 0 Å². The van der Waals surface area contributed by atoms with Gasteiger partial charge in [-0.3, -0.25) is 0 Å². The zero-order chi connectivity index (χ0) is 39.0. The molecule has 2 aromatic heterocycles. The van der Waals surface area contributed by atoms with Gasteiger partial charge >= 0.3 is 0 Å². The SMILES string of the molecule is CC(C)(C)c1ccc(N2c3cccc4c3B(c3sc5c(C(C)(C)C)cccc5c32)c2sc3c(C(C)(C)C)cccc3c2N4c2ccc(C(C)(C)C)cc2)cc1.